The Balaban J connectivity index is 1.62. The number of anilines is 1. The molecule has 0 heterocycles. The number of ketones is 1. The summed E-state index contributed by atoms with van der Waals surface area (Å²) in [6.45, 7) is 0. The van der Waals surface area contributed by atoms with Crippen LogP contribution in [0.2, 0.25) is 0 Å². The smallest absolute Gasteiger partial charge is 0.335 e. The van der Waals surface area contributed by atoms with E-state index in [0.717, 1.165) is 4.90 Å². The summed E-state index contributed by atoms with van der Waals surface area (Å²) in [4.78, 5) is 36.4. The molecule has 0 aliphatic carbocycles. The first-order valence-electron chi connectivity index (χ1n) is 8.49. The minimum atomic E-state index is -1.02. The number of amides is 1. The average Bonchev–Trinajstić information content (AvgIpc) is 2.73. The van der Waals surface area contributed by atoms with Gasteiger partial charge in [0.05, 0.1) is 11.3 Å². The second-order valence-corrected chi connectivity index (χ2v) is 6.99. The van der Waals surface area contributed by atoms with Gasteiger partial charge in [0, 0.05) is 21.7 Å². The number of carbonyl (C=O) groups excluding carboxylic acids is 2. The molecule has 2 N–H and O–H groups in total. The third-order valence-electron chi connectivity index (χ3n) is 3.95. The number of carboxylic acids is 1. The van der Waals surface area contributed by atoms with E-state index in [1.165, 1.54) is 23.9 Å². The highest BCUT2D eigenvalue weighted by molar-refractivity contribution is 8.00. The van der Waals surface area contributed by atoms with E-state index >= 15 is 0 Å². The molecule has 0 bridgehead atoms. The minimum absolute atomic E-state index is 0.0268. The number of aromatic carboxylic acids is 1. The van der Waals surface area contributed by atoms with Crippen molar-refractivity contribution in [2.24, 2.45) is 0 Å². The van der Waals surface area contributed by atoms with Crippen LogP contribution in [0.15, 0.2) is 83.8 Å². The van der Waals surface area contributed by atoms with Gasteiger partial charge in [0.15, 0.2) is 5.78 Å². The van der Waals surface area contributed by atoms with Crippen LogP contribution in [-0.4, -0.2) is 28.5 Å². The van der Waals surface area contributed by atoms with E-state index in [1.807, 2.05) is 24.3 Å². The molecule has 140 valence electrons. The zero-order valence-corrected chi connectivity index (χ0v) is 15.6. The van der Waals surface area contributed by atoms with Gasteiger partial charge in [0.1, 0.15) is 0 Å². The van der Waals surface area contributed by atoms with Crippen molar-refractivity contribution in [3.8, 4) is 0 Å². The molecule has 5 nitrogen and oxygen atoms in total. The van der Waals surface area contributed by atoms with E-state index in [1.54, 1.807) is 42.5 Å². The molecule has 28 heavy (non-hydrogen) atoms. The van der Waals surface area contributed by atoms with Crippen molar-refractivity contribution in [1.82, 2.24) is 0 Å². The van der Waals surface area contributed by atoms with Gasteiger partial charge in [-0.3, -0.25) is 9.59 Å². The number of carboxylic acid groups (broad SMARTS) is 1. The standard InChI is InChI=1S/C22H17NO4S/c24-20(15-5-2-1-3-6-15)14-28-19-8-4-7-17(13-19)21(25)23-18-11-9-16(10-12-18)22(26)27/h1-13H,14H2,(H,23,25)(H,26,27). The maximum Gasteiger partial charge on any atom is 0.335 e. The van der Waals surface area contributed by atoms with Crippen LogP contribution in [0.5, 0.6) is 0 Å². The van der Waals surface area contributed by atoms with Gasteiger partial charge in [-0.2, -0.15) is 0 Å². The Morgan fingerprint density at radius 3 is 2.14 bits per heavy atom. The molecule has 3 aromatic rings. The third-order valence-corrected chi connectivity index (χ3v) is 4.95. The van der Waals surface area contributed by atoms with Gasteiger partial charge in [-0.25, -0.2) is 4.79 Å². The van der Waals surface area contributed by atoms with Gasteiger partial charge in [0.2, 0.25) is 0 Å². The van der Waals surface area contributed by atoms with Crippen LogP contribution in [-0.2, 0) is 0 Å². The molecule has 0 saturated carbocycles. The molecule has 0 unspecified atom stereocenters. The number of Topliss-reactive ketones (excluding diaryl/α,β-unsaturated/α-hetero) is 1. The number of carbonyl (C=O) groups is 3. The van der Waals surface area contributed by atoms with Gasteiger partial charge in [-0.1, -0.05) is 36.4 Å². The lowest BCUT2D eigenvalue weighted by molar-refractivity contribution is 0.0696. The zero-order chi connectivity index (χ0) is 19.9. The van der Waals surface area contributed by atoms with Crippen LogP contribution >= 0.6 is 11.8 Å². The highest BCUT2D eigenvalue weighted by atomic mass is 32.2. The molecular weight excluding hydrogens is 374 g/mol. The maximum atomic E-state index is 12.4. The Bertz CT molecular complexity index is 1000. The Morgan fingerprint density at radius 2 is 1.46 bits per heavy atom. The van der Waals surface area contributed by atoms with E-state index in [2.05, 4.69) is 5.32 Å². The topological polar surface area (TPSA) is 83.5 Å². The Hall–Kier alpha value is -3.38. The van der Waals surface area contributed by atoms with Gasteiger partial charge < -0.3 is 10.4 Å². The van der Waals surface area contributed by atoms with Crippen LogP contribution in [0.25, 0.3) is 0 Å². The molecule has 3 aromatic carbocycles. The lowest BCUT2D eigenvalue weighted by Crippen LogP contribution is -2.12. The molecule has 0 saturated heterocycles. The van der Waals surface area contributed by atoms with Crippen molar-refractivity contribution in [3.05, 3.63) is 95.6 Å². The third kappa shape index (κ3) is 5.08. The number of nitrogens with one attached hydrogen (secondary N) is 1. The van der Waals surface area contributed by atoms with Crippen LogP contribution < -0.4 is 5.32 Å². The number of hydrogen-bond donors (Lipinski definition) is 2. The SMILES string of the molecule is O=C(O)c1ccc(NC(=O)c2cccc(SCC(=O)c3ccccc3)c2)cc1. The fourth-order valence-corrected chi connectivity index (χ4v) is 3.33. The monoisotopic (exact) mass is 391 g/mol. The second kappa shape index (κ2) is 9.01. The Kier molecular flexibility index (Phi) is 6.24. The molecule has 6 heteroatoms. The van der Waals surface area contributed by atoms with Crippen molar-refractivity contribution in [2.45, 2.75) is 4.90 Å². The molecule has 0 atom stereocenters. The number of rotatable bonds is 7. The minimum Gasteiger partial charge on any atom is -0.478 e. The fourth-order valence-electron chi connectivity index (χ4n) is 2.48. The zero-order valence-electron chi connectivity index (χ0n) is 14.8. The number of hydrogen-bond acceptors (Lipinski definition) is 4. The van der Waals surface area contributed by atoms with Crippen LogP contribution in [0.4, 0.5) is 5.69 Å². The quantitative estimate of drug-likeness (QED) is 0.454. The first kappa shape index (κ1) is 19.4. The lowest BCUT2D eigenvalue weighted by atomic mass is 10.2. The highest BCUT2D eigenvalue weighted by Crippen LogP contribution is 2.21. The van der Waals surface area contributed by atoms with Crippen molar-refractivity contribution >= 4 is 35.1 Å². The number of benzene rings is 3. The van der Waals surface area contributed by atoms with Gasteiger partial charge in [0.25, 0.3) is 5.91 Å². The second-order valence-electron chi connectivity index (χ2n) is 5.94. The average molecular weight is 391 g/mol. The molecule has 1 amide bonds. The number of thioether (sulfide) groups is 1. The summed E-state index contributed by atoms with van der Waals surface area (Å²) in [5.74, 6) is -1.02. The molecule has 0 aliphatic heterocycles. The summed E-state index contributed by atoms with van der Waals surface area (Å²) in [7, 11) is 0. The van der Waals surface area contributed by atoms with Crippen LogP contribution in [0, 0.1) is 0 Å². The summed E-state index contributed by atoms with van der Waals surface area (Å²) < 4.78 is 0. The summed E-state index contributed by atoms with van der Waals surface area (Å²) in [5, 5.41) is 11.6. The van der Waals surface area contributed by atoms with Crippen molar-refractivity contribution in [3.63, 3.8) is 0 Å². The maximum absolute atomic E-state index is 12.4. The molecule has 3 rings (SSSR count). The van der Waals surface area contributed by atoms with Gasteiger partial charge in [-0.05, 0) is 42.5 Å². The molecule has 0 aliphatic rings. The van der Waals surface area contributed by atoms with Crippen molar-refractivity contribution < 1.29 is 19.5 Å². The Labute approximate surface area is 166 Å². The van der Waals surface area contributed by atoms with E-state index < -0.39 is 5.97 Å². The molecule has 0 aromatic heterocycles. The predicted molar refractivity (Wildman–Crippen MR) is 109 cm³/mol. The largest absolute Gasteiger partial charge is 0.478 e. The normalized spacial score (nSPS) is 10.3. The summed E-state index contributed by atoms with van der Waals surface area (Å²) in [5.41, 5.74) is 1.78. The Morgan fingerprint density at radius 1 is 0.786 bits per heavy atom. The van der Waals surface area contributed by atoms with Crippen molar-refractivity contribution in [2.75, 3.05) is 11.1 Å². The first-order chi connectivity index (χ1) is 13.5. The lowest BCUT2D eigenvalue weighted by Gasteiger charge is -2.07. The summed E-state index contributed by atoms with van der Waals surface area (Å²) >= 11 is 1.37. The highest BCUT2D eigenvalue weighted by Gasteiger charge is 2.10. The fraction of sp³-hybridized carbons (Fsp3) is 0.0455. The van der Waals surface area contributed by atoms with Crippen LogP contribution in [0.1, 0.15) is 31.1 Å². The summed E-state index contributed by atoms with van der Waals surface area (Å²) in [6, 6.07) is 22.0. The first-order valence-corrected chi connectivity index (χ1v) is 9.47. The molecule has 0 spiro atoms. The predicted octanol–water partition coefficient (Wildman–Crippen LogP) is 4.61. The van der Waals surface area contributed by atoms with E-state index in [-0.39, 0.29) is 23.0 Å². The van der Waals surface area contributed by atoms with Crippen LogP contribution in [0.3, 0.4) is 0 Å². The van der Waals surface area contributed by atoms with Gasteiger partial charge in [-0.15, -0.1) is 11.8 Å². The van der Waals surface area contributed by atoms with E-state index in [9.17, 15) is 14.4 Å². The summed E-state index contributed by atoms with van der Waals surface area (Å²) in [6.07, 6.45) is 0. The van der Waals surface area contributed by atoms with E-state index in [0.29, 0.717) is 16.8 Å². The molecule has 0 radical (unpaired) electrons. The van der Waals surface area contributed by atoms with E-state index in [4.69, 9.17) is 5.11 Å². The van der Waals surface area contributed by atoms with Gasteiger partial charge >= 0.3 is 5.97 Å². The van der Waals surface area contributed by atoms with Crippen molar-refractivity contribution in [1.29, 1.82) is 0 Å². The molecule has 0 fully saturated rings. The molecular formula is C22H17NO4S.